The Labute approximate surface area is 152 Å². The van der Waals surface area contributed by atoms with Crippen LogP contribution in [0.5, 0.6) is 0 Å². The van der Waals surface area contributed by atoms with Gasteiger partial charge >= 0.3 is 6.03 Å². The summed E-state index contributed by atoms with van der Waals surface area (Å²) in [7, 11) is 1.66. The van der Waals surface area contributed by atoms with E-state index >= 15 is 0 Å². The number of hydrogen-bond donors (Lipinski definition) is 1. The van der Waals surface area contributed by atoms with Crippen molar-refractivity contribution < 1.29 is 14.4 Å². The second-order valence-electron chi connectivity index (χ2n) is 6.35. The Morgan fingerprint density at radius 3 is 2.19 bits per heavy atom. The monoisotopic (exact) mass is 351 g/mol. The van der Waals surface area contributed by atoms with Crippen molar-refractivity contribution in [2.75, 3.05) is 13.6 Å². The Morgan fingerprint density at radius 2 is 1.58 bits per heavy atom. The molecule has 0 aromatic heterocycles. The maximum absolute atomic E-state index is 12.5. The van der Waals surface area contributed by atoms with Crippen LogP contribution in [-0.4, -0.2) is 47.3 Å². The molecule has 4 amide bonds. The fourth-order valence-electron chi connectivity index (χ4n) is 2.92. The molecule has 6 nitrogen and oxygen atoms in total. The number of rotatable bonds is 6. The number of imide groups is 1. The number of hydrogen-bond acceptors (Lipinski definition) is 3. The molecule has 2 aromatic carbocycles. The Balaban J connectivity index is 1.59. The molecule has 26 heavy (non-hydrogen) atoms. The summed E-state index contributed by atoms with van der Waals surface area (Å²) >= 11 is 0. The van der Waals surface area contributed by atoms with E-state index in [0.717, 1.165) is 16.0 Å². The van der Waals surface area contributed by atoms with E-state index in [1.165, 1.54) is 4.90 Å². The average molecular weight is 351 g/mol. The molecule has 0 radical (unpaired) electrons. The summed E-state index contributed by atoms with van der Waals surface area (Å²) in [6.07, 6.45) is 0.413. The lowest BCUT2D eigenvalue weighted by Crippen LogP contribution is -2.41. The average Bonchev–Trinajstić information content (AvgIpc) is 2.90. The van der Waals surface area contributed by atoms with Gasteiger partial charge in [0.25, 0.3) is 5.91 Å². The molecule has 1 heterocycles. The largest absolute Gasteiger partial charge is 0.340 e. The number of likely N-dealkylation sites (N-methyl/N-ethyl adjacent to an activating group) is 1. The summed E-state index contributed by atoms with van der Waals surface area (Å²) in [6.45, 7) is 0.177. The van der Waals surface area contributed by atoms with Crippen molar-refractivity contribution in [3.05, 3.63) is 71.8 Å². The molecule has 1 fully saturated rings. The lowest BCUT2D eigenvalue weighted by atomic mass is 10.1. The van der Waals surface area contributed by atoms with Crippen LogP contribution < -0.4 is 5.32 Å². The van der Waals surface area contributed by atoms with Crippen LogP contribution in [-0.2, 0) is 22.6 Å². The van der Waals surface area contributed by atoms with Crippen LogP contribution in [0.1, 0.15) is 11.1 Å². The highest BCUT2D eigenvalue weighted by atomic mass is 16.2. The van der Waals surface area contributed by atoms with Gasteiger partial charge in [-0.3, -0.25) is 14.5 Å². The molecule has 0 saturated carbocycles. The van der Waals surface area contributed by atoms with Crippen LogP contribution in [0.3, 0.4) is 0 Å². The van der Waals surface area contributed by atoms with Crippen LogP contribution in [0.25, 0.3) is 0 Å². The molecule has 134 valence electrons. The van der Waals surface area contributed by atoms with E-state index in [9.17, 15) is 14.4 Å². The topological polar surface area (TPSA) is 69.7 Å². The molecular weight excluding hydrogens is 330 g/mol. The van der Waals surface area contributed by atoms with Gasteiger partial charge in [0.2, 0.25) is 5.91 Å². The zero-order valence-electron chi connectivity index (χ0n) is 14.6. The summed E-state index contributed by atoms with van der Waals surface area (Å²) in [4.78, 5) is 39.6. The summed E-state index contributed by atoms with van der Waals surface area (Å²) in [5.41, 5.74) is 1.95. The lowest BCUT2D eigenvalue weighted by Gasteiger charge is -2.20. The first kappa shape index (κ1) is 17.7. The standard InChI is InChI=1S/C20H21N3O3/c1-22(13-16-10-6-3-7-11-16)18(24)14-23-19(25)17(21-20(23)26)12-15-8-4-2-5-9-15/h2-11,17H,12-14H2,1H3,(H,21,26)/t17-/m0/s1. The lowest BCUT2D eigenvalue weighted by molar-refractivity contribution is -0.136. The SMILES string of the molecule is CN(Cc1ccccc1)C(=O)CN1C(=O)N[C@@H](Cc2ccccc2)C1=O. The number of urea groups is 1. The number of nitrogens with zero attached hydrogens (tertiary/aromatic N) is 2. The normalized spacial score (nSPS) is 16.5. The van der Waals surface area contributed by atoms with Crippen molar-refractivity contribution in [2.24, 2.45) is 0 Å². The van der Waals surface area contributed by atoms with Gasteiger partial charge in [0.15, 0.2) is 0 Å². The first-order chi connectivity index (χ1) is 12.5. The molecule has 1 N–H and O–H groups in total. The predicted octanol–water partition coefficient (Wildman–Crippen LogP) is 1.81. The van der Waals surface area contributed by atoms with E-state index in [2.05, 4.69) is 5.32 Å². The zero-order chi connectivity index (χ0) is 18.5. The van der Waals surface area contributed by atoms with E-state index in [0.29, 0.717) is 13.0 Å². The minimum Gasteiger partial charge on any atom is -0.340 e. The van der Waals surface area contributed by atoms with Crippen LogP contribution in [0.4, 0.5) is 4.79 Å². The summed E-state index contributed by atoms with van der Waals surface area (Å²) in [6, 6.07) is 17.9. The Bertz CT molecular complexity index is 792. The third-order valence-corrected chi connectivity index (χ3v) is 4.37. The van der Waals surface area contributed by atoms with Gasteiger partial charge < -0.3 is 10.2 Å². The van der Waals surface area contributed by atoms with Crippen molar-refractivity contribution in [2.45, 2.75) is 19.0 Å². The van der Waals surface area contributed by atoms with Gasteiger partial charge in [0.05, 0.1) is 0 Å². The number of amides is 4. The van der Waals surface area contributed by atoms with Crippen LogP contribution in [0, 0.1) is 0 Å². The van der Waals surface area contributed by atoms with E-state index < -0.39 is 12.1 Å². The number of benzene rings is 2. The van der Waals surface area contributed by atoms with Crippen molar-refractivity contribution in [1.29, 1.82) is 0 Å². The zero-order valence-corrected chi connectivity index (χ0v) is 14.6. The van der Waals surface area contributed by atoms with Gasteiger partial charge in [-0.2, -0.15) is 0 Å². The van der Waals surface area contributed by atoms with Gasteiger partial charge in [-0.15, -0.1) is 0 Å². The molecule has 0 unspecified atom stereocenters. The smallest absolute Gasteiger partial charge is 0.325 e. The summed E-state index contributed by atoms with van der Waals surface area (Å²) < 4.78 is 0. The van der Waals surface area contributed by atoms with Crippen LogP contribution in [0.15, 0.2) is 60.7 Å². The highest BCUT2D eigenvalue weighted by Crippen LogP contribution is 2.13. The van der Waals surface area contributed by atoms with Crippen LogP contribution >= 0.6 is 0 Å². The highest BCUT2D eigenvalue weighted by Gasteiger charge is 2.39. The molecule has 1 atom stereocenters. The minimum atomic E-state index is -0.628. The number of nitrogens with one attached hydrogen (secondary N) is 1. The Kier molecular flexibility index (Phi) is 5.31. The van der Waals surface area contributed by atoms with Crippen molar-refractivity contribution in [3.63, 3.8) is 0 Å². The molecule has 1 saturated heterocycles. The maximum Gasteiger partial charge on any atom is 0.325 e. The van der Waals surface area contributed by atoms with Gasteiger partial charge in [-0.05, 0) is 11.1 Å². The van der Waals surface area contributed by atoms with E-state index in [-0.39, 0.29) is 18.4 Å². The predicted molar refractivity (Wildman–Crippen MR) is 97.1 cm³/mol. The molecule has 0 aliphatic carbocycles. The maximum atomic E-state index is 12.5. The second kappa shape index (κ2) is 7.82. The molecule has 3 rings (SSSR count). The van der Waals surface area contributed by atoms with Crippen molar-refractivity contribution in [1.82, 2.24) is 15.1 Å². The van der Waals surface area contributed by atoms with E-state index in [1.807, 2.05) is 60.7 Å². The van der Waals surface area contributed by atoms with Gasteiger partial charge in [0, 0.05) is 20.0 Å². The summed E-state index contributed by atoms with van der Waals surface area (Å²) in [5, 5.41) is 2.66. The minimum absolute atomic E-state index is 0.251. The second-order valence-corrected chi connectivity index (χ2v) is 6.35. The Morgan fingerprint density at radius 1 is 1.00 bits per heavy atom. The van der Waals surface area contributed by atoms with Crippen LogP contribution in [0.2, 0.25) is 0 Å². The van der Waals surface area contributed by atoms with E-state index in [4.69, 9.17) is 0 Å². The van der Waals surface area contributed by atoms with Gasteiger partial charge in [0.1, 0.15) is 12.6 Å². The molecular formula is C20H21N3O3. The number of carbonyl (C=O) groups is 3. The Hall–Kier alpha value is -3.15. The molecule has 1 aliphatic heterocycles. The van der Waals surface area contributed by atoms with Crippen molar-refractivity contribution >= 4 is 17.8 Å². The van der Waals surface area contributed by atoms with Gasteiger partial charge in [-0.25, -0.2) is 4.79 Å². The highest BCUT2D eigenvalue weighted by molar-refractivity contribution is 6.06. The summed E-state index contributed by atoms with van der Waals surface area (Å²) in [5.74, 6) is -0.641. The van der Waals surface area contributed by atoms with Crippen molar-refractivity contribution in [3.8, 4) is 0 Å². The molecule has 0 bridgehead atoms. The fraction of sp³-hybridized carbons (Fsp3) is 0.250. The first-order valence-electron chi connectivity index (χ1n) is 8.48. The third kappa shape index (κ3) is 4.08. The fourth-order valence-corrected chi connectivity index (χ4v) is 2.92. The van der Waals surface area contributed by atoms with Gasteiger partial charge in [-0.1, -0.05) is 60.7 Å². The molecule has 0 spiro atoms. The molecule has 1 aliphatic rings. The molecule has 6 heteroatoms. The molecule has 2 aromatic rings. The first-order valence-corrected chi connectivity index (χ1v) is 8.48. The third-order valence-electron chi connectivity index (χ3n) is 4.37. The number of carbonyl (C=O) groups excluding carboxylic acids is 3. The van der Waals surface area contributed by atoms with E-state index in [1.54, 1.807) is 7.05 Å². The quantitative estimate of drug-likeness (QED) is 0.807.